The van der Waals surface area contributed by atoms with Gasteiger partial charge in [-0.3, -0.25) is 0 Å². The van der Waals surface area contributed by atoms with Gasteiger partial charge in [0, 0.05) is 5.92 Å². The van der Waals surface area contributed by atoms with E-state index in [2.05, 4.69) is 29.5 Å². The molecule has 0 aromatic heterocycles. The molecule has 3 heteroatoms. The highest BCUT2D eigenvalue weighted by Gasteiger charge is 2.37. The van der Waals surface area contributed by atoms with Crippen molar-refractivity contribution in [3.63, 3.8) is 0 Å². The van der Waals surface area contributed by atoms with Crippen molar-refractivity contribution in [2.24, 2.45) is 5.92 Å². The molecule has 0 aromatic rings. The number of nitrogens with one attached hydrogen (secondary N) is 1. The Labute approximate surface area is 72.3 Å². The van der Waals surface area contributed by atoms with Gasteiger partial charge in [0.1, 0.15) is 0 Å². The summed E-state index contributed by atoms with van der Waals surface area (Å²) >= 11 is 0. The molecule has 60 valence electrons. The molecule has 12 heavy (non-hydrogen) atoms. The van der Waals surface area contributed by atoms with Crippen molar-refractivity contribution in [2.45, 2.75) is 12.5 Å². The third-order valence-electron chi connectivity index (χ3n) is 2.80. The summed E-state index contributed by atoms with van der Waals surface area (Å²) in [5, 5.41) is 3.35. The molecule has 1 fully saturated rings. The lowest BCUT2D eigenvalue weighted by Crippen LogP contribution is -2.30. The highest BCUT2D eigenvalue weighted by molar-refractivity contribution is 6.25. The standard InChI is InChI=1S/C9H10BNO/c1-2-4-7-6(3-1)5-8-9(7)11-10-12-8/h1-3,5,7,9-11H,4H2. The first-order valence-electron chi connectivity index (χ1n) is 4.39. The molecule has 0 radical (unpaired) electrons. The minimum absolute atomic E-state index is 0.459. The number of rotatable bonds is 0. The van der Waals surface area contributed by atoms with Gasteiger partial charge in [0.25, 0.3) is 0 Å². The van der Waals surface area contributed by atoms with Gasteiger partial charge >= 0.3 is 7.62 Å². The zero-order valence-corrected chi connectivity index (χ0v) is 6.79. The van der Waals surface area contributed by atoms with Crippen molar-refractivity contribution < 1.29 is 4.65 Å². The molecule has 2 unspecified atom stereocenters. The Balaban J connectivity index is 2.02. The van der Waals surface area contributed by atoms with Crippen molar-refractivity contribution in [1.82, 2.24) is 5.23 Å². The molecule has 0 aromatic carbocycles. The van der Waals surface area contributed by atoms with Gasteiger partial charge in [0.05, 0.1) is 11.8 Å². The maximum atomic E-state index is 5.45. The number of allylic oxidation sites excluding steroid dienone is 4. The Kier molecular flexibility index (Phi) is 1.24. The molecule has 0 saturated carbocycles. The van der Waals surface area contributed by atoms with Crippen molar-refractivity contribution in [3.8, 4) is 0 Å². The van der Waals surface area contributed by atoms with E-state index in [0.717, 1.165) is 12.2 Å². The summed E-state index contributed by atoms with van der Waals surface area (Å²) in [7, 11) is 0.685. The second-order valence-electron chi connectivity index (χ2n) is 3.45. The summed E-state index contributed by atoms with van der Waals surface area (Å²) < 4.78 is 5.45. The lowest BCUT2D eigenvalue weighted by Gasteiger charge is -2.18. The van der Waals surface area contributed by atoms with Crippen LogP contribution in [0.15, 0.2) is 35.6 Å². The van der Waals surface area contributed by atoms with Crippen LogP contribution in [0.2, 0.25) is 0 Å². The number of fused-ring (bicyclic) bond motifs is 3. The van der Waals surface area contributed by atoms with Crippen LogP contribution in [0.5, 0.6) is 0 Å². The van der Waals surface area contributed by atoms with E-state index in [1.165, 1.54) is 5.57 Å². The molecule has 2 atom stereocenters. The minimum Gasteiger partial charge on any atom is -0.551 e. The monoisotopic (exact) mass is 159 g/mol. The quantitative estimate of drug-likeness (QED) is 0.523. The fourth-order valence-corrected chi connectivity index (χ4v) is 2.19. The Morgan fingerprint density at radius 1 is 1.58 bits per heavy atom. The molecule has 2 aliphatic carbocycles. The average Bonchev–Trinajstić information content (AvgIpc) is 2.62. The maximum Gasteiger partial charge on any atom is 0.428 e. The summed E-state index contributed by atoms with van der Waals surface area (Å²) in [6, 6.07) is 0.459. The molecule has 1 aliphatic heterocycles. The van der Waals surface area contributed by atoms with Crippen molar-refractivity contribution in [1.29, 1.82) is 0 Å². The molecule has 2 nitrogen and oxygen atoms in total. The topological polar surface area (TPSA) is 21.3 Å². The van der Waals surface area contributed by atoms with Gasteiger partial charge < -0.3 is 9.88 Å². The van der Waals surface area contributed by atoms with Gasteiger partial charge in [0.15, 0.2) is 0 Å². The third kappa shape index (κ3) is 0.744. The van der Waals surface area contributed by atoms with Crippen LogP contribution < -0.4 is 5.23 Å². The second kappa shape index (κ2) is 2.27. The SMILES string of the molecule is B1NC2C(=CC3=CC=CCC32)O1. The van der Waals surface area contributed by atoms with Gasteiger partial charge in [-0.05, 0) is 18.1 Å². The number of hydrogen-bond acceptors (Lipinski definition) is 2. The van der Waals surface area contributed by atoms with E-state index >= 15 is 0 Å². The van der Waals surface area contributed by atoms with Crippen LogP contribution >= 0.6 is 0 Å². The van der Waals surface area contributed by atoms with E-state index in [0.29, 0.717) is 19.6 Å². The Bertz CT molecular complexity index is 306. The zero-order valence-electron chi connectivity index (χ0n) is 6.79. The zero-order chi connectivity index (χ0) is 7.97. The molecule has 3 aliphatic rings. The predicted molar refractivity (Wildman–Crippen MR) is 48.6 cm³/mol. The highest BCUT2D eigenvalue weighted by Crippen LogP contribution is 2.37. The van der Waals surface area contributed by atoms with Crippen molar-refractivity contribution in [3.05, 3.63) is 35.6 Å². The van der Waals surface area contributed by atoms with E-state index in [1.54, 1.807) is 0 Å². The van der Waals surface area contributed by atoms with Gasteiger partial charge in [-0.1, -0.05) is 18.2 Å². The summed E-state index contributed by atoms with van der Waals surface area (Å²) in [6.07, 6.45) is 9.87. The normalized spacial score (nSPS) is 36.0. The molecule has 0 spiro atoms. The molecule has 1 saturated heterocycles. The van der Waals surface area contributed by atoms with E-state index in [4.69, 9.17) is 4.65 Å². The summed E-state index contributed by atoms with van der Waals surface area (Å²) in [5.41, 5.74) is 1.42. The van der Waals surface area contributed by atoms with Crippen LogP contribution in [0.4, 0.5) is 0 Å². The first-order chi connectivity index (χ1) is 5.95. The van der Waals surface area contributed by atoms with Gasteiger partial charge in [0.2, 0.25) is 0 Å². The van der Waals surface area contributed by atoms with E-state index in [1.807, 2.05) is 0 Å². The molecule has 0 amide bonds. The van der Waals surface area contributed by atoms with Crippen LogP contribution in [0, 0.1) is 5.92 Å². The molecular weight excluding hydrogens is 149 g/mol. The summed E-state index contributed by atoms with van der Waals surface area (Å²) in [6.45, 7) is 0. The third-order valence-corrected chi connectivity index (χ3v) is 2.80. The van der Waals surface area contributed by atoms with Gasteiger partial charge in [-0.15, -0.1) is 0 Å². The second-order valence-corrected chi connectivity index (χ2v) is 3.45. The predicted octanol–water partition coefficient (Wildman–Crippen LogP) is 0.641. The lowest BCUT2D eigenvalue weighted by atomic mass is 9.90. The molecule has 3 rings (SSSR count). The fraction of sp³-hybridized carbons (Fsp3) is 0.333. The van der Waals surface area contributed by atoms with E-state index < -0.39 is 0 Å². The smallest absolute Gasteiger partial charge is 0.428 e. The van der Waals surface area contributed by atoms with E-state index in [9.17, 15) is 0 Å². The molecule has 0 bridgehead atoms. The Morgan fingerprint density at radius 3 is 3.58 bits per heavy atom. The van der Waals surface area contributed by atoms with Gasteiger partial charge in [-0.25, -0.2) is 0 Å². The van der Waals surface area contributed by atoms with Crippen LogP contribution in [0.25, 0.3) is 0 Å². The first-order valence-corrected chi connectivity index (χ1v) is 4.39. The average molecular weight is 159 g/mol. The highest BCUT2D eigenvalue weighted by atomic mass is 16.5. The fourth-order valence-electron chi connectivity index (χ4n) is 2.19. The molecule has 1 heterocycles. The molecular formula is C9H10BNO. The Hall–Kier alpha value is -0.955. The minimum atomic E-state index is 0.459. The number of hydrogen-bond donors (Lipinski definition) is 1. The Morgan fingerprint density at radius 2 is 2.58 bits per heavy atom. The van der Waals surface area contributed by atoms with Crippen LogP contribution in [-0.2, 0) is 4.65 Å². The maximum absolute atomic E-state index is 5.45. The summed E-state index contributed by atoms with van der Waals surface area (Å²) in [5.74, 6) is 1.77. The summed E-state index contributed by atoms with van der Waals surface area (Å²) in [4.78, 5) is 0. The van der Waals surface area contributed by atoms with Gasteiger partial charge in [-0.2, -0.15) is 0 Å². The van der Waals surface area contributed by atoms with Crippen LogP contribution in [-0.4, -0.2) is 13.7 Å². The first kappa shape index (κ1) is 6.55. The molecule has 1 N–H and O–H groups in total. The lowest BCUT2D eigenvalue weighted by molar-refractivity contribution is 0.432. The van der Waals surface area contributed by atoms with Crippen LogP contribution in [0.3, 0.4) is 0 Å². The largest absolute Gasteiger partial charge is 0.551 e. The van der Waals surface area contributed by atoms with Crippen molar-refractivity contribution in [2.75, 3.05) is 0 Å². The van der Waals surface area contributed by atoms with Crippen molar-refractivity contribution >= 4 is 7.62 Å². The van der Waals surface area contributed by atoms with Crippen LogP contribution in [0.1, 0.15) is 6.42 Å². The van der Waals surface area contributed by atoms with E-state index in [-0.39, 0.29) is 0 Å².